The Labute approximate surface area is 165 Å². The lowest BCUT2D eigenvalue weighted by Gasteiger charge is -2.12. The lowest BCUT2D eigenvalue weighted by molar-refractivity contribution is -0.275. The van der Waals surface area contributed by atoms with Gasteiger partial charge in [-0.25, -0.2) is 0 Å². The fourth-order valence-corrected chi connectivity index (χ4v) is 2.22. The molecule has 0 aliphatic rings. The lowest BCUT2D eigenvalue weighted by atomic mass is 10.3. The molecule has 30 heavy (non-hydrogen) atoms. The first-order chi connectivity index (χ1) is 14.1. The molecular formula is C19H11F6NO4. The first-order valence-electron chi connectivity index (χ1n) is 8.10. The van der Waals surface area contributed by atoms with E-state index in [1.807, 2.05) is 0 Å². The van der Waals surface area contributed by atoms with Gasteiger partial charge in [0.25, 0.3) is 0 Å². The summed E-state index contributed by atoms with van der Waals surface area (Å²) in [6, 6.07) is 13.9. The minimum Gasteiger partial charge on any atom is -0.439 e. The molecule has 0 saturated heterocycles. The van der Waals surface area contributed by atoms with Crippen LogP contribution in [0.15, 0.2) is 66.7 Å². The Balaban J connectivity index is 1.71. The van der Waals surface area contributed by atoms with Gasteiger partial charge < -0.3 is 18.9 Å². The standard InChI is InChI=1S/C19H11F6NO4/c20-18(21,22)29-14-6-1-4-12(10-14)27-16-8-3-9-17(26-16)28-13-5-2-7-15(11-13)30-19(23,24)25/h1-11H. The molecule has 1 heterocycles. The van der Waals surface area contributed by atoms with Crippen molar-refractivity contribution in [3.63, 3.8) is 0 Å². The molecule has 11 heteroatoms. The number of nitrogens with zero attached hydrogens (tertiary/aromatic N) is 1. The number of halogens is 6. The van der Waals surface area contributed by atoms with Gasteiger partial charge in [0.05, 0.1) is 0 Å². The van der Waals surface area contributed by atoms with Gasteiger partial charge in [-0.2, -0.15) is 4.98 Å². The number of benzene rings is 2. The van der Waals surface area contributed by atoms with Crippen LogP contribution in [0.4, 0.5) is 26.3 Å². The molecule has 3 rings (SSSR count). The first-order valence-corrected chi connectivity index (χ1v) is 8.10. The van der Waals surface area contributed by atoms with Crippen LogP contribution in [0.25, 0.3) is 0 Å². The van der Waals surface area contributed by atoms with Crippen LogP contribution < -0.4 is 18.9 Å². The summed E-state index contributed by atoms with van der Waals surface area (Å²) in [6.45, 7) is 0. The van der Waals surface area contributed by atoms with Gasteiger partial charge in [0.2, 0.25) is 11.8 Å². The van der Waals surface area contributed by atoms with E-state index in [4.69, 9.17) is 9.47 Å². The average molecular weight is 431 g/mol. The van der Waals surface area contributed by atoms with E-state index in [0.29, 0.717) is 0 Å². The Kier molecular flexibility index (Phi) is 5.90. The van der Waals surface area contributed by atoms with E-state index in [9.17, 15) is 26.3 Å². The third-order valence-corrected chi connectivity index (χ3v) is 3.22. The Morgan fingerprint density at radius 2 is 0.900 bits per heavy atom. The van der Waals surface area contributed by atoms with Crippen molar-refractivity contribution in [1.82, 2.24) is 4.98 Å². The third-order valence-electron chi connectivity index (χ3n) is 3.22. The highest BCUT2D eigenvalue weighted by atomic mass is 19.4. The maximum Gasteiger partial charge on any atom is 0.573 e. The van der Waals surface area contributed by atoms with Gasteiger partial charge in [0.1, 0.15) is 23.0 Å². The Bertz CT molecular complexity index is 930. The Hall–Kier alpha value is -3.63. The lowest BCUT2D eigenvalue weighted by Crippen LogP contribution is -2.17. The van der Waals surface area contributed by atoms with Gasteiger partial charge in [0, 0.05) is 24.3 Å². The molecule has 0 unspecified atom stereocenters. The minimum atomic E-state index is -4.85. The highest BCUT2D eigenvalue weighted by Gasteiger charge is 2.31. The van der Waals surface area contributed by atoms with E-state index < -0.39 is 24.2 Å². The monoisotopic (exact) mass is 431 g/mol. The van der Waals surface area contributed by atoms with Gasteiger partial charge in [-0.05, 0) is 24.3 Å². The van der Waals surface area contributed by atoms with Crippen LogP contribution in [0, 0.1) is 0 Å². The van der Waals surface area contributed by atoms with Crippen LogP contribution >= 0.6 is 0 Å². The van der Waals surface area contributed by atoms with Crippen molar-refractivity contribution in [2.75, 3.05) is 0 Å². The van der Waals surface area contributed by atoms with Crippen LogP contribution in [0.1, 0.15) is 0 Å². The van der Waals surface area contributed by atoms with E-state index in [1.165, 1.54) is 42.5 Å². The van der Waals surface area contributed by atoms with Crippen molar-refractivity contribution < 1.29 is 45.3 Å². The number of hydrogen-bond acceptors (Lipinski definition) is 5. The minimum absolute atomic E-state index is 0.0157. The zero-order chi connectivity index (χ0) is 21.8. The molecule has 0 atom stereocenters. The average Bonchev–Trinajstić information content (AvgIpc) is 2.59. The molecule has 5 nitrogen and oxygen atoms in total. The van der Waals surface area contributed by atoms with Gasteiger partial charge in [-0.3, -0.25) is 0 Å². The number of ether oxygens (including phenoxy) is 4. The topological polar surface area (TPSA) is 49.8 Å². The second-order valence-corrected chi connectivity index (χ2v) is 5.56. The molecular weight excluding hydrogens is 420 g/mol. The zero-order valence-electron chi connectivity index (χ0n) is 14.7. The molecule has 0 spiro atoms. The maximum absolute atomic E-state index is 12.3. The number of alkyl halides is 6. The molecule has 158 valence electrons. The van der Waals surface area contributed by atoms with Crippen LogP contribution in [-0.2, 0) is 0 Å². The van der Waals surface area contributed by atoms with Crippen molar-refractivity contribution in [2.45, 2.75) is 12.7 Å². The molecule has 0 aliphatic heterocycles. The largest absolute Gasteiger partial charge is 0.573 e. The molecule has 2 aromatic carbocycles. The molecule has 0 bridgehead atoms. The quantitative estimate of drug-likeness (QED) is 0.419. The van der Waals surface area contributed by atoms with E-state index in [1.54, 1.807) is 0 Å². The molecule has 1 aromatic heterocycles. The summed E-state index contributed by atoms with van der Waals surface area (Å²) in [5, 5.41) is 0. The highest BCUT2D eigenvalue weighted by molar-refractivity contribution is 5.37. The summed E-state index contributed by atoms with van der Waals surface area (Å²) in [7, 11) is 0. The number of hydrogen-bond donors (Lipinski definition) is 0. The van der Waals surface area contributed by atoms with E-state index in [-0.39, 0.29) is 23.3 Å². The zero-order valence-corrected chi connectivity index (χ0v) is 14.7. The normalized spacial score (nSPS) is 11.7. The summed E-state index contributed by atoms with van der Waals surface area (Å²) in [4.78, 5) is 4.00. The summed E-state index contributed by atoms with van der Waals surface area (Å²) < 4.78 is 92.3. The van der Waals surface area contributed by atoms with E-state index in [0.717, 1.165) is 24.3 Å². The smallest absolute Gasteiger partial charge is 0.439 e. The van der Waals surface area contributed by atoms with Crippen molar-refractivity contribution in [1.29, 1.82) is 0 Å². The number of rotatable bonds is 6. The SMILES string of the molecule is FC(F)(F)Oc1cccc(Oc2cccc(Oc3cccc(OC(F)(F)F)c3)n2)c1. The molecule has 0 radical (unpaired) electrons. The van der Waals surface area contributed by atoms with Crippen molar-refractivity contribution in [3.05, 3.63) is 66.7 Å². The molecule has 0 amide bonds. The first kappa shape index (κ1) is 21.1. The summed E-state index contributed by atoms with van der Waals surface area (Å²) in [5.74, 6) is -0.981. The van der Waals surface area contributed by atoms with Crippen LogP contribution in [0.3, 0.4) is 0 Å². The van der Waals surface area contributed by atoms with Gasteiger partial charge >= 0.3 is 12.7 Å². The second-order valence-electron chi connectivity index (χ2n) is 5.56. The predicted octanol–water partition coefficient (Wildman–Crippen LogP) is 6.46. The van der Waals surface area contributed by atoms with Crippen LogP contribution in [0.2, 0.25) is 0 Å². The molecule has 0 saturated carbocycles. The second kappa shape index (κ2) is 8.39. The van der Waals surface area contributed by atoms with Gasteiger partial charge in [-0.1, -0.05) is 18.2 Å². The van der Waals surface area contributed by atoms with Gasteiger partial charge in [-0.15, -0.1) is 26.3 Å². The summed E-state index contributed by atoms with van der Waals surface area (Å²) in [6.07, 6.45) is -9.70. The molecule has 0 fully saturated rings. The van der Waals surface area contributed by atoms with Crippen molar-refractivity contribution in [3.8, 4) is 34.8 Å². The Morgan fingerprint density at radius 3 is 1.30 bits per heavy atom. The maximum atomic E-state index is 12.3. The highest BCUT2D eigenvalue weighted by Crippen LogP contribution is 2.31. The number of pyridine rings is 1. The van der Waals surface area contributed by atoms with Crippen LogP contribution in [-0.4, -0.2) is 17.7 Å². The fourth-order valence-electron chi connectivity index (χ4n) is 2.22. The fraction of sp³-hybridized carbons (Fsp3) is 0.105. The van der Waals surface area contributed by atoms with E-state index in [2.05, 4.69) is 14.5 Å². The summed E-state index contributed by atoms with van der Waals surface area (Å²) in [5.41, 5.74) is 0. The predicted molar refractivity (Wildman–Crippen MR) is 90.6 cm³/mol. The molecule has 0 N–H and O–H groups in total. The molecule has 0 aliphatic carbocycles. The third kappa shape index (κ3) is 6.76. The van der Waals surface area contributed by atoms with E-state index >= 15 is 0 Å². The van der Waals surface area contributed by atoms with Crippen molar-refractivity contribution in [2.24, 2.45) is 0 Å². The van der Waals surface area contributed by atoms with Crippen molar-refractivity contribution >= 4 is 0 Å². The summed E-state index contributed by atoms with van der Waals surface area (Å²) >= 11 is 0. The van der Waals surface area contributed by atoms with Crippen LogP contribution in [0.5, 0.6) is 34.8 Å². The van der Waals surface area contributed by atoms with Gasteiger partial charge in [0.15, 0.2) is 0 Å². The number of aromatic nitrogens is 1. The molecule has 3 aromatic rings. The Morgan fingerprint density at radius 1 is 0.533 bits per heavy atom.